The summed E-state index contributed by atoms with van der Waals surface area (Å²) in [5.41, 5.74) is -0.639. The van der Waals surface area contributed by atoms with Gasteiger partial charge in [-0.15, -0.1) is 0 Å². The molecule has 1 fully saturated rings. The van der Waals surface area contributed by atoms with Crippen LogP contribution in [0, 0.1) is 0 Å². The number of piperidine rings is 1. The summed E-state index contributed by atoms with van der Waals surface area (Å²) in [6, 6.07) is 0.955. The van der Waals surface area contributed by atoms with Gasteiger partial charge >= 0.3 is 6.18 Å². The minimum atomic E-state index is -4.49. The van der Waals surface area contributed by atoms with Crippen LogP contribution in [0.2, 0.25) is 0 Å². The van der Waals surface area contributed by atoms with E-state index in [0.717, 1.165) is 12.3 Å². The zero-order chi connectivity index (χ0) is 14.3. The van der Waals surface area contributed by atoms with Crippen LogP contribution in [0.25, 0.3) is 0 Å². The molecule has 1 aliphatic rings. The SMILES string of the molecule is CS(=O)(=O)N1CCCC(c2cc(C(F)(F)F)n[nH]2)C1. The highest BCUT2D eigenvalue weighted by molar-refractivity contribution is 7.88. The van der Waals surface area contributed by atoms with Crippen molar-refractivity contribution in [2.45, 2.75) is 24.9 Å². The lowest BCUT2D eigenvalue weighted by Gasteiger charge is -2.30. The lowest BCUT2D eigenvalue weighted by molar-refractivity contribution is -0.141. The van der Waals surface area contributed by atoms with Crippen molar-refractivity contribution >= 4 is 10.0 Å². The molecule has 1 aromatic rings. The summed E-state index contributed by atoms with van der Waals surface area (Å²) in [7, 11) is -3.31. The van der Waals surface area contributed by atoms with Gasteiger partial charge in [0.05, 0.1) is 6.26 Å². The lowest BCUT2D eigenvalue weighted by Crippen LogP contribution is -2.38. The molecule has 0 amide bonds. The van der Waals surface area contributed by atoms with Crippen molar-refractivity contribution in [3.05, 3.63) is 17.5 Å². The Hall–Kier alpha value is -1.09. The molecule has 1 saturated heterocycles. The first kappa shape index (κ1) is 14.3. The highest BCUT2D eigenvalue weighted by atomic mass is 32.2. The molecule has 5 nitrogen and oxygen atoms in total. The summed E-state index contributed by atoms with van der Waals surface area (Å²) < 4.78 is 61.5. The van der Waals surface area contributed by atoms with Gasteiger partial charge in [-0.25, -0.2) is 12.7 Å². The lowest BCUT2D eigenvalue weighted by atomic mass is 9.96. The molecule has 1 atom stereocenters. The fraction of sp³-hybridized carbons (Fsp3) is 0.700. The zero-order valence-electron chi connectivity index (χ0n) is 10.2. The predicted octanol–water partition coefficient (Wildman–Crippen LogP) is 1.57. The summed E-state index contributed by atoms with van der Waals surface area (Å²) in [5, 5.41) is 5.59. The number of aromatic amines is 1. The van der Waals surface area contributed by atoms with Crippen molar-refractivity contribution in [2.24, 2.45) is 0 Å². The molecule has 0 aliphatic carbocycles. The maximum atomic E-state index is 12.4. The van der Waals surface area contributed by atoms with Crippen molar-refractivity contribution < 1.29 is 21.6 Å². The standard InChI is InChI=1S/C10H14F3N3O2S/c1-19(17,18)16-4-2-3-7(6-16)8-5-9(15-14-8)10(11,12)13/h5,7H,2-4,6H2,1H3,(H,14,15). The first-order valence-electron chi connectivity index (χ1n) is 5.75. The number of nitrogens with one attached hydrogen (secondary N) is 1. The molecule has 0 saturated carbocycles. The normalized spacial score (nSPS) is 22.6. The summed E-state index contributed by atoms with van der Waals surface area (Å²) >= 11 is 0. The van der Waals surface area contributed by atoms with E-state index in [4.69, 9.17) is 0 Å². The number of hydrogen-bond donors (Lipinski definition) is 1. The average Bonchev–Trinajstić information content (AvgIpc) is 2.77. The molecule has 1 aromatic heterocycles. The Balaban J connectivity index is 2.16. The second kappa shape index (κ2) is 4.78. The quantitative estimate of drug-likeness (QED) is 0.901. The largest absolute Gasteiger partial charge is 0.435 e. The van der Waals surface area contributed by atoms with E-state index in [1.807, 2.05) is 0 Å². The Morgan fingerprint density at radius 3 is 2.68 bits per heavy atom. The third-order valence-corrected chi connectivity index (χ3v) is 4.45. The molecule has 2 heterocycles. The van der Waals surface area contributed by atoms with Gasteiger partial charge in [0, 0.05) is 24.7 Å². The van der Waals surface area contributed by atoms with E-state index in [-0.39, 0.29) is 12.5 Å². The van der Waals surface area contributed by atoms with Gasteiger partial charge in [0.1, 0.15) is 0 Å². The van der Waals surface area contributed by atoms with Crippen LogP contribution in [0.3, 0.4) is 0 Å². The number of sulfonamides is 1. The molecular formula is C10H14F3N3O2S. The molecule has 0 radical (unpaired) electrons. The van der Waals surface area contributed by atoms with Gasteiger partial charge in [0.25, 0.3) is 0 Å². The highest BCUT2D eigenvalue weighted by Gasteiger charge is 2.35. The number of aromatic nitrogens is 2. The van der Waals surface area contributed by atoms with E-state index in [1.165, 1.54) is 4.31 Å². The Labute approximate surface area is 108 Å². The van der Waals surface area contributed by atoms with Crippen LogP contribution < -0.4 is 0 Å². The average molecular weight is 297 g/mol. The number of halogens is 3. The number of alkyl halides is 3. The molecule has 1 N–H and O–H groups in total. The molecule has 1 aliphatic heterocycles. The Morgan fingerprint density at radius 2 is 2.16 bits per heavy atom. The number of hydrogen-bond acceptors (Lipinski definition) is 3. The highest BCUT2D eigenvalue weighted by Crippen LogP contribution is 2.32. The minimum absolute atomic E-state index is 0.193. The molecule has 0 spiro atoms. The molecule has 108 valence electrons. The second-order valence-corrected chi connectivity index (χ2v) is 6.65. The minimum Gasteiger partial charge on any atom is -0.282 e. The topological polar surface area (TPSA) is 66.1 Å². The van der Waals surface area contributed by atoms with Gasteiger partial charge < -0.3 is 0 Å². The number of nitrogens with zero attached hydrogens (tertiary/aromatic N) is 2. The van der Waals surface area contributed by atoms with Crippen LogP contribution in [0.4, 0.5) is 13.2 Å². The second-order valence-electron chi connectivity index (χ2n) is 4.67. The van der Waals surface area contributed by atoms with Gasteiger partial charge in [0.2, 0.25) is 10.0 Å². The van der Waals surface area contributed by atoms with E-state index in [1.54, 1.807) is 0 Å². The van der Waals surface area contributed by atoms with Crippen molar-refractivity contribution in [3.8, 4) is 0 Å². The molecule has 1 unspecified atom stereocenters. The van der Waals surface area contributed by atoms with Crippen molar-refractivity contribution in [3.63, 3.8) is 0 Å². The first-order valence-corrected chi connectivity index (χ1v) is 7.60. The smallest absolute Gasteiger partial charge is 0.282 e. The van der Waals surface area contributed by atoms with Crippen molar-refractivity contribution in [1.82, 2.24) is 14.5 Å². The molecule has 19 heavy (non-hydrogen) atoms. The van der Waals surface area contributed by atoms with Crippen LogP contribution >= 0.6 is 0 Å². The zero-order valence-corrected chi connectivity index (χ0v) is 11.1. The van der Waals surface area contributed by atoms with Crippen LogP contribution in [0.15, 0.2) is 6.07 Å². The fourth-order valence-electron chi connectivity index (χ4n) is 2.19. The Kier molecular flexibility index (Phi) is 3.61. The van der Waals surface area contributed by atoms with Gasteiger partial charge in [-0.05, 0) is 18.9 Å². The van der Waals surface area contributed by atoms with Crippen LogP contribution in [0.5, 0.6) is 0 Å². The first-order chi connectivity index (χ1) is 8.68. The summed E-state index contributed by atoms with van der Waals surface area (Å²) in [4.78, 5) is 0. The van der Waals surface area contributed by atoms with Gasteiger partial charge in [-0.3, -0.25) is 5.10 Å². The van der Waals surface area contributed by atoms with E-state index < -0.39 is 21.9 Å². The number of H-pyrrole nitrogens is 1. The van der Waals surface area contributed by atoms with E-state index in [0.29, 0.717) is 25.1 Å². The molecular weight excluding hydrogens is 283 g/mol. The molecule has 2 rings (SSSR count). The van der Waals surface area contributed by atoms with Gasteiger partial charge in [-0.1, -0.05) is 0 Å². The molecule has 9 heteroatoms. The summed E-state index contributed by atoms with van der Waals surface area (Å²) in [5.74, 6) is -0.271. The van der Waals surface area contributed by atoms with E-state index >= 15 is 0 Å². The Bertz CT molecular complexity index is 553. The van der Waals surface area contributed by atoms with Crippen LogP contribution in [0.1, 0.15) is 30.1 Å². The number of rotatable bonds is 2. The van der Waals surface area contributed by atoms with Crippen LogP contribution in [-0.4, -0.2) is 42.3 Å². The fourth-order valence-corrected chi connectivity index (χ4v) is 3.10. The maximum absolute atomic E-state index is 12.4. The molecule has 0 aromatic carbocycles. The summed E-state index contributed by atoms with van der Waals surface area (Å²) in [6.45, 7) is 0.605. The predicted molar refractivity (Wildman–Crippen MR) is 62.0 cm³/mol. The maximum Gasteiger partial charge on any atom is 0.435 e. The van der Waals surface area contributed by atoms with Crippen molar-refractivity contribution in [2.75, 3.05) is 19.3 Å². The van der Waals surface area contributed by atoms with E-state index in [9.17, 15) is 21.6 Å². The monoisotopic (exact) mass is 297 g/mol. The molecule has 0 bridgehead atoms. The third-order valence-electron chi connectivity index (χ3n) is 3.18. The van der Waals surface area contributed by atoms with Gasteiger partial charge in [0.15, 0.2) is 5.69 Å². The van der Waals surface area contributed by atoms with Crippen LogP contribution in [-0.2, 0) is 16.2 Å². The summed E-state index contributed by atoms with van der Waals surface area (Å²) in [6.07, 6.45) is -2.12. The Morgan fingerprint density at radius 1 is 1.47 bits per heavy atom. The van der Waals surface area contributed by atoms with Crippen molar-refractivity contribution in [1.29, 1.82) is 0 Å². The van der Waals surface area contributed by atoms with E-state index in [2.05, 4.69) is 10.2 Å². The third kappa shape index (κ3) is 3.27. The van der Waals surface area contributed by atoms with Gasteiger partial charge in [-0.2, -0.15) is 18.3 Å².